The fraction of sp³-hybridized carbons (Fsp3) is 0.533. The highest BCUT2D eigenvalue weighted by molar-refractivity contribution is 5.78. The zero-order valence-electron chi connectivity index (χ0n) is 10.6. The summed E-state index contributed by atoms with van der Waals surface area (Å²) in [6.45, 7) is 0. The van der Waals surface area contributed by atoms with Crippen molar-refractivity contribution in [2.45, 2.75) is 50.1 Å². The van der Waals surface area contributed by atoms with Gasteiger partial charge in [0.25, 0.3) is 0 Å². The third kappa shape index (κ3) is 2.27. The maximum atomic E-state index is 12.0. The van der Waals surface area contributed by atoms with Crippen LogP contribution in [0.2, 0.25) is 0 Å². The first-order valence-corrected chi connectivity index (χ1v) is 6.80. The number of fused-ring (bicyclic) bond motifs is 1. The van der Waals surface area contributed by atoms with Crippen LogP contribution in [0.25, 0.3) is 0 Å². The molecule has 1 fully saturated rings. The van der Waals surface area contributed by atoms with Gasteiger partial charge in [0.2, 0.25) is 5.91 Å². The van der Waals surface area contributed by atoms with E-state index in [1.165, 1.54) is 17.5 Å². The van der Waals surface area contributed by atoms with Gasteiger partial charge in [-0.3, -0.25) is 4.79 Å². The number of nitrogens with one attached hydrogen (secondary N) is 1. The van der Waals surface area contributed by atoms with Crippen LogP contribution in [0.15, 0.2) is 24.3 Å². The highest BCUT2D eigenvalue weighted by atomic mass is 16.1. The largest absolute Gasteiger partial charge is 0.353 e. The second-order valence-corrected chi connectivity index (χ2v) is 5.83. The monoisotopic (exact) mass is 244 g/mol. The molecule has 0 aliphatic heterocycles. The minimum atomic E-state index is -0.213. The molecule has 0 heterocycles. The molecule has 0 spiro atoms. The van der Waals surface area contributed by atoms with Crippen LogP contribution < -0.4 is 11.1 Å². The first kappa shape index (κ1) is 11.7. The molecule has 3 nitrogen and oxygen atoms in total. The Labute approximate surface area is 108 Å². The van der Waals surface area contributed by atoms with Gasteiger partial charge >= 0.3 is 0 Å². The van der Waals surface area contributed by atoms with Crippen molar-refractivity contribution < 1.29 is 4.79 Å². The second kappa shape index (κ2) is 4.39. The number of nitrogens with two attached hydrogens (primary N) is 1. The van der Waals surface area contributed by atoms with Gasteiger partial charge in [0.1, 0.15) is 0 Å². The van der Waals surface area contributed by atoms with Crippen LogP contribution in [0, 0.1) is 0 Å². The fourth-order valence-corrected chi connectivity index (χ4v) is 3.07. The van der Waals surface area contributed by atoms with Gasteiger partial charge in [-0.15, -0.1) is 0 Å². The molecule has 2 aliphatic rings. The van der Waals surface area contributed by atoms with Gasteiger partial charge < -0.3 is 11.1 Å². The lowest BCUT2D eigenvalue weighted by molar-refractivity contribution is -0.123. The molecule has 0 saturated heterocycles. The Bertz CT molecular complexity index is 440. The number of hydrogen-bond donors (Lipinski definition) is 2. The van der Waals surface area contributed by atoms with Crippen molar-refractivity contribution >= 4 is 5.91 Å². The van der Waals surface area contributed by atoms with Gasteiger partial charge in [-0.25, -0.2) is 0 Å². The van der Waals surface area contributed by atoms with Crippen molar-refractivity contribution in [1.29, 1.82) is 0 Å². The number of hydrogen-bond acceptors (Lipinski definition) is 2. The SMILES string of the molecule is NC1(CC(=O)NC2Cc3ccccc3C2)CCC1. The first-order valence-electron chi connectivity index (χ1n) is 6.80. The molecule has 0 bridgehead atoms. The van der Waals surface area contributed by atoms with Crippen molar-refractivity contribution in [1.82, 2.24) is 5.32 Å². The second-order valence-electron chi connectivity index (χ2n) is 5.83. The standard InChI is InChI=1S/C15H20N2O/c16-15(6-3-7-15)10-14(18)17-13-8-11-4-1-2-5-12(11)9-13/h1-2,4-5,13H,3,6-10,16H2,(H,17,18). The fourth-order valence-electron chi connectivity index (χ4n) is 3.07. The Balaban J connectivity index is 1.54. The summed E-state index contributed by atoms with van der Waals surface area (Å²) < 4.78 is 0. The molecule has 0 radical (unpaired) electrons. The molecule has 0 atom stereocenters. The van der Waals surface area contributed by atoms with Crippen LogP contribution >= 0.6 is 0 Å². The lowest BCUT2D eigenvalue weighted by atomic mass is 9.75. The summed E-state index contributed by atoms with van der Waals surface area (Å²) in [7, 11) is 0. The lowest BCUT2D eigenvalue weighted by Gasteiger charge is -2.37. The van der Waals surface area contributed by atoms with Crippen LogP contribution in [0.5, 0.6) is 0 Å². The molecule has 2 aliphatic carbocycles. The van der Waals surface area contributed by atoms with Gasteiger partial charge in [-0.2, -0.15) is 0 Å². The third-order valence-electron chi connectivity index (χ3n) is 4.28. The summed E-state index contributed by atoms with van der Waals surface area (Å²) in [5.41, 5.74) is 8.63. The predicted octanol–water partition coefficient (Wildman–Crippen LogP) is 1.54. The van der Waals surface area contributed by atoms with E-state index >= 15 is 0 Å². The Hall–Kier alpha value is -1.35. The number of amides is 1. The van der Waals surface area contributed by atoms with E-state index in [9.17, 15) is 4.79 Å². The predicted molar refractivity (Wildman–Crippen MR) is 71.2 cm³/mol. The summed E-state index contributed by atoms with van der Waals surface area (Å²) in [6.07, 6.45) is 5.55. The topological polar surface area (TPSA) is 55.1 Å². The highest BCUT2D eigenvalue weighted by Crippen LogP contribution is 2.32. The maximum Gasteiger partial charge on any atom is 0.222 e. The third-order valence-corrected chi connectivity index (χ3v) is 4.28. The summed E-state index contributed by atoms with van der Waals surface area (Å²) in [6, 6.07) is 8.69. The zero-order valence-corrected chi connectivity index (χ0v) is 10.6. The average molecular weight is 244 g/mol. The van der Waals surface area contributed by atoms with Crippen LogP contribution in [0.3, 0.4) is 0 Å². The van der Waals surface area contributed by atoms with Crippen LogP contribution in [0.1, 0.15) is 36.8 Å². The van der Waals surface area contributed by atoms with Crippen molar-refractivity contribution in [3.05, 3.63) is 35.4 Å². The van der Waals surface area contributed by atoms with E-state index in [0.717, 1.165) is 25.7 Å². The summed E-state index contributed by atoms with van der Waals surface area (Å²) >= 11 is 0. The maximum absolute atomic E-state index is 12.0. The van der Waals surface area contributed by atoms with Crippen LogP contribution in [0.4, 0.5) is 0 Å². The molecule has 1 aromatic rings. The molecule has 0 unspecified atom stereocenters. The molecule has 0 aromatic heterocycles. The quantitative estimate of drug-likeness (QED) is 0.847. The Morgan fingerprint density at radius 2 is 1.89 bits per heavy atom. The van der Waals surface area contributed by atoms with E-state index in [1.54, 1.807) is 0 Å². The molecular weight excluding hydrogens is 224 g/mol. The van der Waals surface area contributed by atoms with Gasteiger partial charge in [0.05, 0.1) is 0 Å². The summed E-state index contributed by atoms with van der Waals surface area (Å²) in [5.74, 6) is 0.120. The molecule has 1 aromatic carbocycles. The molecule has 3 N–H and O–H groups in total. The van der Waals surface area contributed by atoms with Gasteiger partial charge in [-0.05, 0) is 43.2 Å². The number of carbonyl (C=O) groups is 1. The Morgan fingerprint density at radius 1 is 1.28 bits per heavy atom. The lowest BCUT2D eigenvalue weighted by Crippen LogP contribution is -2.51. The molecule has 96 valence electrons. The number of rotatable bonds is 3. The Kier molecular flexibility index (Phi) is 2.86. The molecule has 3 rings (SSSR count). The smallest absolute Gasteiger partial charge is 0.222 e. The van der Waals surface area contributed by atoms with E-state index < -0.39 is 0 Å². The van der Waals surface area contributed by atoms with Crippen molar-refractivity contribution in [3.8, 4) is 0 Å². The minimum Gasteiger partial charge on any atom is -0.353 e. The molecule has 18 heavy (non-hydrogen) atoms. The average Bonchev–Trinajstić information content (AvgIpc) is 2.68. The summed E-state index contributed by atoms with van der Waals surface area (Å²) in [4.78, 5) is 12.0. The van der Waals surface area contributed by atoms with E-state index in [2.05, 4.69) is 29.6 Å². The minimum absolute atomic E-state index is 0.120. The molecule has 1 amide bonds. The van der Waals surface area contributed by atoms with Crippen LogP contribution in [-0.2, 0) is 17.6 Å². The summed E-state index contributed by atoms with van der Waals surface area (Å²) in [5, 5.41) is 3.13. The highest BCUT2D eigenvalue weighted by Gasteiger charge is 2.35. The zero-order chi connectivity index (χ0) is 12.6. The van der Waals surface area contributed by atoms with Crippen molar-refractivity contribution in [2.75, 3.05) is 0 Å². The normalized spacial score (nSPS) is 21.2. The van der Waals surface area contributed by atoms with Crippen molar-refractivity contribution in [3.63, 3.8) is 0 Å². The Morgan fingerprint density at radius 3 is 2.39 bits per heavy atom. The van der Waals surface area contributed by atoms with Gasteiger partial charge in [0, 0.05) is 18.0 Å². The van der Waals surface area contributed by atoms with Gasteiger partial charge in [-0.1, -0.05) is 24.3 Å². The van der Waals surface area contributed by atoms with E-state index in [4.69, 9.17) is 5.73 Å². The molecule has 3 heteroatoms. The van der Waals surface area contributed by atoms with E-state index in [-0.39, 0.29) is 17.5 Å². The number of benzene rings is 1. The van der Waals surface area contributed by atoms with Crippen molar-refractivity contribution in [2.24, 2.45) is 5.73 Å². The van der Waals surface area contributed by atoms with E-state index in [0.29, 0.717) is 6.42 Å². The molecule has 1 saturated carbocycles. The van der Waals surface area contributed by atoms with Gasteiger partial charge in [0.15, 0.2) is 0 Å². The van der Waals surface area contributed by atoms with E-state index in [1.807, 2.05) is 0 Å². The number of carbonyl (C=O) groups excluding carboxylic acids is 1. The molecular formula is C15H20N2O. The van der Waals surface area contributed by atoms with Crippen LogP contribution in [-0.4, -0.2) is 17.5 Å². The first-order chi connectivity index (χ1) is 8.65.